The predicted octanol–water partition coefficient (Wildman–Crippen LogP) is 4.30. The largest absolute Gasteiger partial charge is 0.356 e. The smallest absolute Gasteiger partial charge is 0.191 e. The molecule has 0 bridgehead atoms. The number of hydrogen-bond donors (Lipinski definition) is 2. The first kappa shape index (κ1) is 18.7. The topological polar surface area (TPSA) is 36.4 Å². The van der Waals surface area contributed by atoms with Gasteiger partial charge in [0.05, 0.1) is 10.9 Å². The number of thiophene rings is 2. The average Bonchev–Trinajstić information content (AvgIpc) is 3.02. The van der Waals surface area contributed by atoms with Gasteiger partial charge in [-0.1, -0.05) is 11.6 Å². The van der Waals surface area contributed by atoms with Crippen LogP contribution in [0.25, 0.3) is 0 Å². The SMILES string of the molecule is CN=C(NCCc1ccc(Cl)s1)NCc1ccc(C)s1.I. The normalized spacial score (nSPS) is 11.1. The Kier molecular flexibility index (Phi) is 8.62. The molecule has 0 saturated carbocycles. The van der Waals surface area contributed by atoms with Gasteiger partial charge in [-0.3, -0.25) is 4.99 Å². The molecule has 0 atom stereocenters. The summed E-state index contributed by atoms with van der Waals surface area (Å²) >= 11 is 9.34. The highest BCUT2D eigenvalue weighted by Crippen LogP contribution is 2.21. The fraction of sp³-hybridized carbons (Fsp3) is 0.357. The molecule has 2 rings (SSSR count). The van der Waals surface area contributed by atoms with Gasteiger partial charge in [0.25, 0.3) is 0 Å². The van der Waals surface area contributed by atoms with E-state index in [2.05, 4.69) is 40.7 Å². The van der Waals surface area contributed by atoms with E-state index in [1.165, 1.54) is 14.6 Å². The van der Waals surface area contributed by atoms with Gasteiger partial charge in [0.1, 0.15) is 0 Å². The minimum absolute atomic E-state index is 0. The molecule has 2 heterocycles. The Morgan fingerprint density at radius 3 is 2.48 bits per heavy atom. The maximum Gasteiger partial charge on any atom is 0.191 e. The number of nitrogens with zero attached hydrogens (tertiary/aromatic N) is 1. The lowest BCUT2D eigenvalue weighted by atomic mass is 10.3. The molecule has 2 N–H and O–H groups in total. The lowest BCUT2D eigenvalue weighted by molar-refractivity contribution is 0.804. The van der Waals surface area contributed by atoms with E-state index in [1.54, 1.807) is 29.7 Å². The summed E-state index contributed by atoms with van der Waals surface area (Å²) in [6.45, 7) is 3.77. The van der Waals surface area contributed by atoms with Crippen LogP contribution in [0.5, 0.6) is 0 Å². The van der Waals surface area contributed by atoms with Crippen molar-refractivity contribution in [2.24, 2.45) is 4.99 Å². The summed E-state index contributed by atoms with van der Waals surface area (Å²) in [6.07, 6.45) is 0.955. The van der Waals surface area contributed by atoms with Crippen molar-refractivity contribution in [2.75, 3.05) is 13.6 Å². The van der Waals surface area contributed by atoms with Gasteiger partial charge >= 0.3 is 0 Å². The molecular formula is C14H19ClIN3S2. The van der Waals surface area contributed by atoms with Crippen LogP contribution in [0.2, 0.25) is 4.34 Å². The van der Waals surface area contributed by atoms with Gasteiger partial charge in [0, 0.05) is 28.2 Å². The fourth-order valence-corrected chi connectivity index (χ4v) is 3.68. The molecule has 0 aliphatic rings. The molecular weight excluding hydrogens is 437 g/mol. The van der Waals surface area contributed by atoms with E-state index in [9.17, 15) is 0 Å². The standard InChI is InChI=1S/C14H18ClN3S2.HI/c1-10-3-4-12(19-10)9-18-14(16-2)17-8-7-11-5-6-13(15)20-11;/h3-6H,7-9H2,1-2H3,(H2,16,17,18);1H. The molecule has 116 valence electrons. The van der Waals surface area contributed by atoms with Crippen molar-refractivity contribution in [1.82, 2.24) is 10.6 Å². The maximum absolute atomic E-state index is 5.91. The molecule has 2 aromatic heterocycles. The van der Waals surface area contributed by atoms with Gasteiger partial charge in [-0.2, -0.15) is 0 Å². The number of guanidine groups is 1. The number of aryl methyl sites for hydroxylation is 1. The summed E-state index contributed by atoms with van der Waals surface area (Å²) in [4.78, 5) is 8.15. The minimum Gasteiger partial charge on any atom is -0.356 e. The second-order valence-corrected chi connectivity index (χ2v) is 7.49. The molecule has 7 heteroatoms. The van der Waals surface area contributed by atoms with Gasteiger partial charge < -0.3 is 10.6 Å². The van der Waals surface area contributed by atoms with Gasteiger partial charge in [0.2, 0.25) is 0 Å². The van der Waals surface area contributed by atoms with Gasteiger partial charge in [-0.15, -0.1) is 46.7 Å². The van der Waals surface area contributed by atoms with Crippen molar-refractivity contribution in [3.63, 3.8) is 0 Å². The van der Waals surface area contributed by atoms with Crippen LogP contribution < -0.4 is 10.6 Å². The van der Waals surface area contributed by atoms with Crippen molar-refractivity contribution in [1.29, 1.82) is 0 Å². The van der Waals surface area contributed by atoms with Crippen LogP contribution in [0, 0.1) is 6.92 Å². The third-order valence-corrected chi connectivity index (χ3v) is 5.03. The predicted molar refractivity (Wildman–Crippen MR) is 106 cm³/mol. The summed E-state index contributed by atoms with van der Waals surface area (Å²) in [5.41, 5.74) is 0. The quantitative estimate of drug-likeness (QED) is 0.401. The second-order valence-electron chi connectivity index (χ2n) is 4.32. The zero-order chi connectivity index (χ0) is 14.4. The maximum atomic E-state index is 5.91. The van der Waals surface area contributed by atoms with Crippen molar-refractivity contribution in [2.45, 2.75) is 19.9 Å². The van der Waals surface area contributed by atoms with Crippen LogP contribution >= 0.6 is 58.3 Å². The van der Waals surface area contributed by atoms with E-state index >= 15 is 0 Å². The molecule has 0 radical (unpaired) electrons. The molecule has 3 nitrogen and oxygen atoms in total. The number of rotatable bonds is 5. The van der Waals surface area contributed by atoms with E-state index in [1.807, 2.05) is 6.07 Å². The first-order valence-electron chi connectivity index (χ1n) is 6.41. The molecule has 0 aromatic carbocycles. The molecule has 0 aliphatic heterocycles. The molecule has 0 spiro atoms. The fourth-order valence-electron chi connectivity index (χ4n) is 1.76. The number of hydrogen-bond acceptors (Lipinski definition) is 3. The number of aliphatic imine (C=N–C) groups is 1. The van der Waals surface area contributed by atoms with Crippen molar-refractivity contribution in [3.05, 3.63) is 43.2 Å². The third-order valence-electron chi connectivity index (χ3n) is 2.74. The van der Waals surface area contributed by atoms with E-state index in [0.717, 1.165) is 29.8 Å². The molecule has 2 aromatic rings. The van der Waals surface area contributed by atoms with Crippen molar-refractivity contribution < 1.29 is 0 Å². The Hall–Kier alpha value is -0.310. The molecule has 0 saturated heterocycles. The summed E-state index contributed by atoms with van der Waals surface area (Å²) < 4.78 is 0.843. The molecule has 0 amide bonds. The number of nitrogens with one attached hydrogen (secondary N) is 2. The Morgan fingerprint density at radius 1 is 1.14 bits per heavy atom. The van der Waals surface area contributed by atoms with E-state index in [0.29, 0.717) is 0 Å². The monoisotopic (exact) mass is 455 g/mol. The van der Waals surface area contributed by atoms with E-state index in [-0.39, 0.29) is 24.0 Å². The van der Waals surface area contributed by atoms with E-state index < -0.39 is 0 Å². The van der Waals surface area contributed by atoms with E-state index in [4.69, 9.17) is 11.6 Å². The Balaban J connectivity index is 0.00000220. The first-order valence-corrected chi connectivity index (χ1v) is 8.42. The van der Waals surface area contributed by atoms with Crippen LogP contribution in [0.15, 0.2) is 29.3 Å². The van der Waals surface area contributed by atoms with Crippen LogP contribution in [-0.4, -0.2) is 19.6 Å². The van der Waals surface area contributed by atoms with Crippen LogP contribution in [-0.2, 0) is 13.0 Å². The summed E-state index contributed by atoms with van der Waals surface area (Å²) in [7, 11) is 1.79. The van der Waals surface area contributed by atoms with Crippen LogP contribution in [0.4, 0.5) is 0 Å². The number of halogens is 2. The highest BCUT2D eigenvalue weighted by molar-refractivity contribution is 14.0. The summed E-state index contributed by atoms with van der Waals surface area (Å²) in [5.74, 6) is 0.832. The highest BCUT2D eigenvalue weighted by Gasteiger charge is 2.01. The Bertz CT molecular complexity index is 580. The van der Waals surface area contributed by atoms with Crippen LogP contribution in [0.1, 0.15) is 14.6 Å². The average molecular weight is 456 g/mol. The van der Waals surface area contributed by atoms with Crippen molar-refractivity contribution in [3.8, 4) is 0 Å². The minimum atomic E-state index is 0. The molecule has 0 unspecified atom stereocenters. The summed E-state index contributed by atoms with van der Waals surface area (Å²) in [6, 6.07) is 8.29. The Morgan fingerprint density at radius 2 is 1.90 bits per heavy atom. The van der Waals surface area contributed by atoms with Gasteiger partial charge in [-0.25, -0.2) is 0 Å². The lowest BCUT2D eigenvalue weighted by Gasteiger charge is -2.10. The zero-order valence-electron chi connectivity index (χ0n) is 12.0. The Labute approximate surface area is 155 Å². The van der Waals surface area contributed by atoms with Gasteiger partial charge in [0.15, 0.2) is 5.96 Å². The zero-order valence-corrected chi connectivity index (χ0v) is 16.7. The highest BCUT2D eigenvalue weighted by atomic mass is 127. The van der Waals surface area contributed by atoms with Gasteiger partial charge in [-0.05, 0) is 37.6 Å². The lowest BCUT2D eigenvalue weighted by Crippen LogP contribution is -2.37. The molecule has 0 aliphatic carbocycles. The second kappa shape index (κ2) is 9.66. The first-order chi connectivity index (χ1) is 9.67. The van der Waals surface area contributed by atoms with Crippen molar-refractivity contribution >= 4 is 64.2 Å². The molecule has 21 heavy (non-hydrogen) atoms. The van der Waals surface area contributed by atoms with Crippen LogP contribution in [0.3, 0.4) is 0 Å². The third kappa shape index (κ3) is 6.54. The summed E-state index contributed by atoms with van der Waals surface area (Å²) in [5, 5.41) is 6.63. The molecule has 0 fully saturated rings.